The first-order valence-electron chi connectivity index (χ1n) is 8.68. The zero-order valence-corrected chi connectivity index (χ0v) is 16.7. The number of halogens is 2. The van der Waals surface area contributed by atoms with Gasteiger partial charge in [0.2, 0.25) is 0 Å². The third kappa shape index (κ3) is 5.04. The molecule has 0 fully saturated rings. The van der Waals surface area contributed by atoms with Crippen LogP contribution in [0.25, 0.3) is 11.3 Å². The van der Waals surface area contributed by atoms with Crippen molar-refractivity contribution in [2.75, 3.05) is 18.4 Å². The molecule has 0 spiro atoms. The molecule has 8 heteroatoms. The van der Waals surface area contributed by atoms with Crippen LogP contribution in [-0.2, 0) is 6.54 Å². The minimum atomic E-state index is -0.473. The Morgan fingerprint density at radius 2 is 1.86 bits per heavy atom. The molecule has 2 N–H and O–H groups in total. The molecular formula is C20H19Cl2N3O3. The summed E-state index contributed by atoms with van der Waals surface area (Å²) in [6.45, 7) is 3.81. The van der Waals surface area contributed by atoms with Crippen molar-refractivity contribution < 1.29 is 9.34 Å². The topological polar surface area (TPSA) is 80.3 Å². The number of non-ortho nitro benzene ring substituents is 1. The molecule has 0 unspecified atom stereocenters. The Bertz CT molecular complexity index is 989. The third-order valence-corrected chi connectivity index (χ3v) is 4.92. The van der Waals surface area contributed by atoms with Crippen LogP contribution >= 0.6 is 23.2 Å². The number of anilines is 1. The van der Waals surface area contributed by atoms with Crippen LogP contribution < -0.4 is 10.6 Å². The highest BCUT2D eigenvalue weighted by molar-refractivity contribution is 6.33. The molecule has 1 heterocycles. The summed E-state index contributed by atoms with van der Waals surface area (Å²) in [4.78, 5) is 10.3. The summed E-state index contributed by atoms with van der Waals surface area (Å²) in [6.07, 6.45) is 0. The number of hydrogen-bond acceptors (Lipinski definition) is 5. The molecule has 3 aromatic rings. The van der Waals surface area contributed by atoms with E-state index in [2.05, 4.69) is 10.6 Å². The Morgan fingerprint density at radius 3 is 2.57 bits per heavy atom. The minimum absolute atomic E-state index is 0.0304. The van der Waals surface area contributed by atoms with Gasteiger partial charge in [-0.05, 0) is 36.8 Å². The lowest BCUT2D eigenvalue weighted by molar-refractivity contribution is -0.384. The van der Waals surface area contributed by atoms with Gasteiger partial charge in [-0.15, -0.1) is 0 Å². The maximum atomic E-state index is 10.7. The first-order valence-corrected chi connectivity index (χ1v) is 9.43. The fourth-order valence-corrected chi connectivity index (χ4v) is 3.05. The second-order valence-corrected chi connectivity index (χ2v) is 7.07. The van der Waals surface area contributed by atoms with Gasteiger partial charge in [-0.25, -0.2) is 0 Å². The maximum absolute atomic E-state index is 10.7. The molecule has 0 aliphatic rings. The highest BCUT2D eigenvalue weighted by Gasteiger charge is 2.09. The quantitative estimate of drug-likeness (QED) is 0.279. The Hall–Kier alpha value is -2.54. The summed E-state index contributed by atoms with van der Waals surface area (Å²) in [5.41, 5.74) is 2.60. The average Bonchev–Trinajstić information content (AvgIpc) is 3.13. The lowest BCUT2D eigenvalue weighted by Gasteiger charge is -2.08. The van der Waals surface area contributed by atoms with Crippen molar-refractivity contribution in [2.24, 2.45) is 0 Å². The van der Waals surface area contributed by atoms with E-state index in [4.69, 9.17) is 27.6 Å². The molecule has 2 aromatic carbocycles. The van der Waals surface area contributed by atoms with Gasteiger partial charge in [0.1, 0.15) is 11.5 Å². The van der Waals surface area contributed by atoms with Crippen molar-refractivity contribution in [2.45, 2.75) is 13.5 Å². The number of nitro benzene ring substituents is 1. The summed E-state index contributed by atoms with van der Waals surface area (Å²) in [6, 6.07) is 14.0. The van der Waals surface area contributed by atoms with E-state index in [1.807, 2.05) is 37.3 Å². The van der Waals surface area contributed by atoms with Crippen LogP contribution in [0.5, 0.6) is 0 Å². The zero-order chi connectivity index (χ0) is 20.1. The van der Waals surface area contributed by atoms with E-state index >= 15 is 0 Å². The molecule has 0 atom stereocenters. The summed E-state index contributed by atoms with van der Waals surface area (Å²) >= 11 is 12.2. The van der Waals surface area contributed by atoms with E-state index in [-0.39, 0.29) is 5.69 Å². The molecule has 28 heavy (non-hydrogen) atoms. The zero-order valence-electron chi connectivity index (χ0n) is 15.2. The van der Waals surface area contributed by atoms with Gasteiger partial charge >= 0.3 is 0 Å². The van der Waals surface area contributed by atoms with Crippen molar-refractivity contribution in [1.29, 1.82) is 0 Å². The van der Waals surface area contributed by atoms with Crippen molar-refractivity contribution in [3.05, 3.63) is 80.0 Å². The van der Waals surface area contributed by atoms with Crippen LogP contribution in [-0.4, -0.2) is 18.0 Å². The van der Waals surface area contributed by atoms with Gasteiger partial charge in [-0.3, -0.25) is 10.1 Å². The summed E-state index contributed by atoms with van der Waals surface area (Å²) in [5.74, 6) is 1.59. The Balaban J connectivity index is 1.46. The van der Waals surface area contributed by atoms with Crippen LogP contribution in [0.1, 0.15) is 11.3 Å². The van der Waals surface area contributed by atoms with E-state index in [0.717, 1.165) is 22.6 Å². The number of nitrogens with one attached hydrogen (secondary N) is 2. The van der Waals surface area contributed by atoms with Gasteiger partial charge in [-0.2, -0.15) is 0 Å². The van der Waals surface area contributed by atoms with Crippen LogP contribution in [0.3, 0.4) is 0 Å². The van der Waals surface area contributed by atoms with Crippen LogP contribution in [0.15, 0.2) is 52.9 Å². The number of aryl methyl sites for hydroxylation is 1. The molecule has 0 bridgehead atoms. The molecule has 0 radical (unpaired) electrons. The summed E-state index contributed by atoms with van der Waals surface area (Å²) < 4.78 is 5.86. The second-order valence-electron chi connectivity index (χ2n) is 6.25. The third-order valence-electron chi connectivity index (χ3n) is 4.20. The Kier molecular flexibility index (Phi) is 6.57. The van der Waals surface area contributed by atoms with Gasteiger partial charge in [0.15, 0.2) is 0 Å². The summed E-state index contributed by atoms with van der Waals surface area (Å²) in [5, 5.41) is 18.2. The number of hydrogen-bond donors (Lipinski definition) is 2. The molecule has 0 amide bonds. The molecular weight excluding hydrogens is 401 g/mol. The molecule has 3 rings (SSSR count). The number of nitro groups is 1. The first kappa shape index (κ1) is 20.2. The summed E-state index contributed by atoms with van der Waals surface area (Å²) in [7, 11) is 0. The maximum Gasteiger partial charge on any atom is 0.271 e. The highest BCUT2D eigenvalue weighted by atomic mass is 35.5. The molecule has 0 saturated carbocycles. The SMILES string of the molecule is Cc1ccc(-c2ccc(CNCCNc3ccc([N+](=O)[O-])cc3Cl)o2)cc1Cl. The molecule has 0 saturated heterocycles. The molecule has 146 valence electrons. The smallest absolute Gasteiger partial charge is 0.271 e. The van der Waals surface area contributed by atoms with Crippen LogP contribution in [0.2, 0.25) is 10.0 Å². The number of benzene rings is 2. The van der Waals surface area contributed by atoms with Gasteiger partial charge < -0.3 is 15.1 Å². The van der Waals surface area contributed by atoms with Crippen molar-refractivity contribution in [3.8, 4) is 11.3 Å². The monoisotopic (exact) mass is 419 g/mol. The lowest BCUT2D eigenvalue weighted by Crippen LogP contribution is -2.21. The van der Waals surface area contributed by atoms with Crippen LogP contribution in [0, 0.1) is 17.0 Å². The Morgan fingerprint density at radius 1 is 1.04 bits per heavy atom. The van der Waals surface area contributed by atoms with Crippen LogP contribution in [0.4, 0.5) is 11.4 Å². The molecule has 0 aliphatic heterocycles. The number of furan rings is 1. The van der Waals surface area contributed by atoms with E-state index < -0.39 is 4.92 Å². The molecule has 1 aromatic heterocycles. The van der Waals surface area contributed by atoms with E-state index in [9.17, 15) is 10.1 Å². The van der Waals surface area contributed by atoms with Crippen molar-refractivity contribution in [1.82, 2.24) is 5.32 Å². The number of rotatable bonds is 8. The predicted molar refractivity (Wildman–Crippen MR) is 112 cm³/mol. The lowest BCUT2D eigenvalue weighted by atomic mass is 10.1. The van der Waals surface area contributed by atoms with Gasteiger partial charge in [-0.1, -0.05) is 35.3 Å². The fourth-order valence-electron chi connectivity index (χ4n) is 2.63. The van der Waals surface area contributed by atoms with E-state index in [1.165, 1.54) is 12.1 Å². The first-order chi connectivity index (χ1) is 13.4. The average molecular weight is 420 g/mol. The fraction of sp³-hybridized carbons (Fsp3) is 0.200. The Labute approximate surface area is 172 Å². The molecule has 6 nitrogen and oxygen atoms in total. The normalized spacial score (nSPS) is 10.8. The largest absolute Gasteiger partial charge is 0.460 e. The van der Waals surface area contributed by atoms with Gasteiger partial charge in [0.25, 0.3) is 5.69 Å². The highest BCUT2D eigenvalue weighted by Crippen LogP contribution is 2.27. The van der Waals surface area contributed by atoms with Crippen molar-refractivity contribution in [3.63, 3.8) is 0 Å². The van der Waals surface area contributed by atoms with Crippen molar-refractivity contribution >= 4 is 34.6 Å². The van der Waals surface area contributed by atoms with Gasteiger partial charge in [0.05, 0.1) is 22.2 Å². The minimum Gasteiger partial charge on any atom is -0.460 e. The second kappa shape index (κ2) is 9.10. The standard InChI is InChI=1S/C20H19Cl2N3O3/c1-13-2-3-14(10-17(13)21)20-7-5-16(28-20)12-23-8-9-24-19-6-4-15(25(26)27)11-18(19)22/h2-7,10-11,23-24H,8-9,12H2,1H3. The van der Waals surface area contributed by atoms with E-state index in [0.29, 0.717) is 35.4 Å². The number of nitrogens with zero attached hydrogens (tertiary/aromatic N) is 1. The van der Waals surface area contributed by atoms with E-state index in [1.54, 1.807) is 6.07 Å². The predicted octanol–water partition coefficient (Wildman–Crippen LogP) is 5.67. The molecule has 0 aliphatic carbocycles. The van der Waals surface area contributed by atoms with Gasteiger partial charge in [0, 0.05) is 35.8 Å².